The normalized spacial score (nSPS) is 11.6. The van der Waals surface area contributed by atoms with Gasteiger partial charge in [-0.2, -0.15) is 0 Å². The van der Waals surface area contributed by atoms with Gasteiger partial charge in [0.25, 0.3) is 0 Å². The highest BCUT2D eigenvalue weighted by Gasteiger charge is 2.14. The topological polar surface area (TPSA) is 55.5 Å². The van der Waals surface area contributed by atoms with Crippen LogP contribution in [0.5, 0.6) is 11.5 Å². The number of ether oxygens (including phenoxy) is 1. The summed E-state index contributed by atoms with van der Waals surface area (Å²) in [6, 6.07) is 8.65. The van der Waals surface area contributed by atoms with E-state index in [0.29, 0.717) is 11.3 Å². The Labute approximate surface area is 110 Å². The lowest BCUT2D eigenvalue weighted by Gasteiger charge is -2.13. The standard InChI is InChI=1S/C12H13NO2S.ClH/c1-15-8-4-5-10(14)9(7-8)12(13)11-3-2-6-16-11;/h2-7,12,14H,13H2,1H3;1H/t12-;/m1./s1. The predicted octanol–water partition coefficient (Wildman–Crippen LogP) is 2.93. The largest absolute Gasteiger partial charge is 0.508 e. The minimum Gasteiger partial charge on any atom is -0.508 e. The zero-order chi connectivity index (χ0) is 11.5. The van der Waals surface area contributed by atoms with E-state index in [1.807, 2.05) is 17.5 Å². The molecule has 1 aromatic heterocycles. The molecule has 1 atom stereocenters. The molecule has 1 heterocycles. The summed E-state index contributed by atoms with van der Waals surface area (Å²) in [6.07, 6.45) is 0. The highest BCUT2D eigenvalue weighted by Crippen LogP contribution is 2.32. The second-order valence-electron chi connectivity index (χ2n) is 3.42. The van der Waals surface area contributed by atoms with Gasteiger partial charge >= 0.3 is 0 Å². The van der Waals surface area contributed by atoms with Gasteiger partial charge in [-0.05, 0) is 29.6 Å². The number of methoxy groups -OCH3 is 1. The summed E-state index contributed by atoms with van der Waals surface area (Å²) < 4.78 is 5.11. The van der Waals surface area contributed by atoms with Crippen molar-refractivity contribution in [1.29, 1.82) is 0 Å². The van der Waals surface area contributed by atoms with E-state index in [0.717, 1.165) is 4.88 Å². The fraction of sp³-hybridized carbons (Fsp3) is 0.167. The molecule has 3 N–H and O–H groups in total. The number of halogens is 1. The van der Waals surface area contributed by atoms with Gasteiger partial charge in [-0.1, -0.05) is 6.07 Å². The SMILES string of the molecule is COc1ccc(O)c([C@@H](N)c2cccs2)c1.Cl. The Kier molecular flexibility index (Phi) is 4.81. The molecule has 5 heteroatoms. The van der Waals surface area contributed by atoms with Crippen LogP contribution in [0.1, 0.15) is 16.5 Å². The Balaban J connectivity index is 0.00000144. The summed E-state index contributed by atoms with van der Waals surface area (Å²) in [6.45, 7) is 0. The highest BCUT2D eigenvalue weighted by atomic mass is 35.5. The zero-order valence-electron chi connectivity index (χ0n) is 9.29. The molecule has 2 rings (SSSR count). The molecule has 2 aromatic rings. The monoisotopic (exact) mass is 271 g/mol. The zero-order valence-corrected chi connectivity index (χ0v) is 10.9. The maximum Gasteiger partial charge on any atom is 0.120 e. The number of thiophene rings is 1. The molecule has 92 valence electrons. The third-order valence-corrected chi connectivity index (χ3v) is 3.37. The van der Waals surface area contributed by atoms with Crippen LogP contribution in [0, 0.1) is 0 Å². The van der Waals surface area contributed by atoms with Gasteiger partial charge in [0.1, 0.15) is 11.5 Å². The number of rotatable bonds is 3. The number of aromatic hydroxyl groups is 1. The minimum absolute atomic E-state index is 0. The van der Waals surface area contributed by atoms with Crippen molar-refractivity contribution < 1.29 is 9.84 Å². The van der Waals surface area contributed by atoms with Crippen molar-refractivity contribution in [1.82, 2.24) is 0 Å². The average Bonchev–Trinajstić information content (AvgIpc) is 2.82. The number of phenolic OH excluding ortho intramolecular Hbond substituents is 1. The summed E-state index contributed by atoms with van der Waals surface area (Å²) in [5.74, 6) is 0.890. The van der Waals surface area contributed by atoms with Crippen molar-refractivity contribution in [2.75, 3.05) is 7.11 Å². The van der Waals surface area contributed by atoms with Crippen LogP contribution in [-0.2, 0) is 0 Å². The first-order valence-electron chi connectivity index (χ1n) is 4.88. The van der Waals surface area contributed by atoms with Crippen molar-refractivity contribution in [2.24, 2.45) is 5.73 Å². The van der Waals surface area contributed by atoms with E-state index in [2.05, 4.69) is 0 Å². The van der Waals surface area contributed by atoms with E-state index in [4.69, 9.17) is 10.5 Å². The maximum atomic E-state index is 9.77. The molecule has 0 bridgehead atoms. The average molecular weight is 272 g/mol. The third kappa shape index (κ3) is 2.91. The van der Waals surface area contributed by atoms with Gasteiger partial charge in [-0.3, -0.25) is 0 Å². The molecular formula is C12H14ClNO2S. The number of benzene rings is 1. The van der Waals surface area contributed by atoms with Crippen LogP contribution < -0.4 is 10.5 Å². The van der Waals surface area contributed by atoms with Crippen LogP contribution in [-0.4, -0.2) is 12.2 Å². The second kappa shape index (κ2) is 5.91. The van der Waals surface area contributed by atoms with Crippen LogP contribution in [0.2, 0.25) is 0 Å². The molecule has 0 aliphatic rings. The lowest BCUT2D eigenvalue weighted by Crippen LogP contribution is -2.10. The second-order valence-corrected chi connectivity index (χ2v) is 4.40. The van der Waals surface area contributed by atoms with Gasteiger partial charge in [0.2, 0.25) is 0 Å². The Morgan fingerprint density at radius 3 is 2.71 bits per heavy atom. The van der Waals surface area contributed by atoms with Crippen molar-refractivity contribution >= 4 is 23.7 Å². The lowest BCUT2D eigenvalue weighted by atomic mass is 10.0. The fourth-order valence-electron chi connectivity index (χ4n) is 1.53. The van der Waals surface area contributed by atoms with Gasteiger partial charge in [0, 0.05) is 10.4 Å². The van der Waals surface area contributed by atoms with E-state index >= 15 is 0 Å². The van der Waals surface area contributed by atoms with Crippen LogP contribution in [0.25, 0.3) is 0 Å². The fourth-order valence-corrected chi connectivity index (χ4v) is 2.28. The van der Waals surface area contributed by atoms with Crippen LogP contribution in [0.3, 0.4) is 0 Å². The van der Waals surface area contributed by atoms with Gasteiger partial charge in [0.05, 0.1) is 13.2 Å². The van der Waals surface area contributed by atoms with E-state index in [-0.39, 0.29) is 24.2 Å². The first-order valence-corrected chi connectivity index (χ1v) is 5.76. The van der Waals surface area contributed by atoms with E-state index in [9.17, 15) is 5.11 Å². The first-order chi connectivity index (χ1) is 7.72. The van der Waals surface area contributed by atoms with Crippen molar-refractivity contribution in [3.8, 4) is 11.5 Å². The van der Waals surface area contributed by atoms with E-state index in [1.54, 1.807) is 36.6 Å². The first kappa shape index (κ1) is 13.8. The highest BCUT2D eigenvalue weighted by molar-refractivity contribution is 7.10. The molecule has 0 amide bonds. The summed E-state index contributed by atoms with van der Waals surface area (Å²) in [5.41, 5.74) is 6.76. The molecule has 1 aromatic carbocycles. The van der Waals surface area contributed by atoms with Gasteiger partial charge in [-0.25, -0.2) is 0 Å². The van der Waals surface area contributed by atoms with E-state index < -0.39 is 0 Å². The quantitative estimate of drug-likeness (QED) is 0.902. The Morgan fingerprint density at radius 2 is 2.12 bits per heavy atom. The molecule has 0 aliphatic carbocycles. The van der Waals surface area contributed by atoms with Crippen molar-refractivity contribution in [2.45, 2.75) is 6.04 Å². The Hall–Kier alpha value is -1.23. The molecule has 0 fully saturated rings. The summed E-state index contributed by atoms with van der Waals surface area (Å²) in [7, 11) is 1.59. The summed E-state index contributed by atoms with van der Waals surface area (Å²) in [4.78, 5) is 1.02. The number of hydrogen-bond acceptors (Lipinski definition) is 4. The predicted molar refractivity (Wildman–Crippen MR) is 72.3 cm³/mol. The Morgan fingerprint density at radius 1 is 1.35 bits per heavy atom. The van der Waals surface area contributed by atoms with E-state index in [1.165, 1.54) is 0 Å². The third-order valence-electron chi connectivity index (χ3n) is 2.42. The molecule has 0 radical (unpaired) electrons. The maximum absolute atomic E-state index is 9.77. The van der Waals surface area contributed by atoms with Crippen LogP contribution in [0.4, 0.5) is 0 Å². The summed E-state index contributed by atoms with van der Waals surface area (Å²) in [5, 5.41) is 11.7. The smallest absolute Gasteiger partial charge is 0.120 e. The van der Waals surface area contributed by atoms with Crippen LogP contribution in [0.15, 0.2) is 35.7 Å². The van der Waals surface area contributed by atoms with Gasteiger partial charge in [0.15, 0.2) is 0 Å². The molecule has 0 saturated carbocycles. The molecule has 3 nitrogen and oxygen atoms in total. The molecule has 0 unspecified atom stereocenters. The minimum atomic E-state index is -0.310. The number of hydrogen-bond donors (Lipinski definition) is 2. The summed E-state index contributed by atoms with van der Waals surface area (Å²) >= 11 is 1.57. The molecule has 0 spiro atoms. The van der Waals surface area contributed by atoms with Crippen LogP contribution >= 0.6 is 23.7 Å². The van der Waals surface area contributed by atoms with Gasteiger partial charge in [-0.15, -0.1) is 23.7 Å². The number of phenols is 1. The molecule has 0 saturated heterocycles. The number of nitrogens with two attached hydrogens (primary N) is 1. The van der Waals surface area contributed by atoms with Crippen molar-refractivity contribution in [3.63, 3.8) is 0 Å². The Bertz CT molecular complexity index is 473. The molecule has 17 heavy (non-hydrogen) atoms. The lowest BCUT2D eigenvalue weighted by molar-refractivity contribution is 0.410. The van der Waals surface area contributed by atoms with Gasteiger partial charge < -0.3 is 15.6 Å². The molecular weight excluding hydrogens is 258 g/mol. The molecule has 0 aliphatic heterocycles. The van der Waals surface area contributed by atoms with Crippen molar-refractivity contribution in [3.05, 3.63) is 46.2 Å².